The van der Waals surface area contributed by atoms with Crippen molar-refractivity contribution in [3.8, 4) is 34.5 Å². The Morgan fingerprint density at radius 2 is 1.81 bits per heavy atom. The van der Waals surface area contributed by atoms with E-state index >= 15 is 0 Å². The van der Waals surface area contributed by atoms with Crippen molar-refractivity contribution in [3.05, 3.63) is 83.3 Å². The molecule has 5 rings (SSSR count). The van der Waals surface area contributed by atoms with Gasteiger partial charge in [0, 0.05) is 29.4 Å². The summed E-state index contributed by atoms with van der Waals surface area (Å²) in [6.07, 6.45) is 1.63. The molecule has 3 aromatic heterocycles. The number of hydrogen-bond acceptors (Lipinski definition) is 8. The third kappa shape index (κ3) is 4.39. The number of hydrogen-bond donors (Lipinski definition) is 1. The second-order valence-electron chi connectivity index (χ2n) is 7.76. The zero-order valence-electron chi connectivity index (χ0n) is 19.5. The van der Waals surface area contributed by atoms with Gasteiger partial charge in [-0.15, -0.1) is 0 Å². The Balaban J connectivity index is 1.47. The molecular formula is C26H21N5O5. The molecule has 2 aromatic carbocycles. The summed E-state index contributed by atoms with van der Waals surface area (Å²) in [6, 6.07) is 19.0. The molecule has 0 fully saturated rings. The Morgan fingerprint density at radius 3 is 2.58 bits per heavy atom. The van der Waals surface area contributed by atoms with Crippen molar-refractivity contribution in [2.24, 2.45) is 0 Å². The second-order valence-corrected chi connectivity index (χ2v) is 7.76. The summed E-state index contributed by atoms with van der Waals surface area (Å²) >= 11 is 0. The first-order valence-corrected chi connectivity index (χ1v) is 11.0. The number of aromatic nitrogens is 4. The molecule has 0 aliphatic heterocycles. The van der Waals surface area contributed by atoms with E-state index in [9.17, 15) is 9.59 Å². The summed E-state index contributed by atoms with van der Waals surface area (Å²) in [5.41, 5.74) is 1.71. The molecule has 0 unspecified atom stereocenters. The summed E-state index contributed by atoms with van der Waals surface area (Å²) < 4.78 is 17.4. The Labute approximate surface area is 205 Å². The molecule has 10 heteroatoms. The first-order valence-electron chi connectivity index (χ1n) is 11.0. The zero-order valence-corrected chi connectivity index (χ0v) is 19.5. The molecule has 0 radical (unpaired) electrons. The summed E-state index contributed by atoms with van der Waals surface area (Å²) in [7, 11) is 3.05. The van der Waals surface area contributed by atoms with Crippen LogP contribution in [0.2, 0.25) is 0 Å². The largest absolute Gasteiger partial charge is 0.493 e. The molecule has 0 aliphatic carbocycles. The Morgan fingerprint density at radius 1 is 1.00 bits per heavy atom. The lowest BCUT2D eigenvalue weighted by molar-refractivity contribution is -0.116. The first kappa shape index (κ1) is 22.8. The highest BCUT2D eigenvalue weighted by molar-refractivity contribution is 5.95. The maximum Gasteiger partial charge on any atom is 0.259 e. The number of anilines is 1. The summed E-state index contributed by atoms with van der Waals surface area (Å²) in [6.45, 7) is -0.197. The summed E-state index contributed by atoms with van der Waals surface area (Å²) in [4.78, 5) is 34.6. The maximum atomic E-state index is 13.1. The molecule has 10 nitrogen and oxygen atoms in total. The number of nitrogens with zero attached hydrogens (tertiary/aromatic N) is 4. The molecule has 36 heavy (non-hydrogen) atoms. The monoisotopic (exact) mass is 483 g/mol. The number of pyridine rings is 2. The van der Waals surface area contributed by atoms with Gasteiger partial charge in [0.1, 0.15) is 12.2 Å². The smallest absolute Gasteiger partial charge is 0.259 e. The summed E-state index contributed by atoms with van der Waals surface area (Å²) in [5, 5.41) is 7.48. The molecule has 0 atom stereocenters. The van der Waals surface area contributed by atoms with Gasteiger partial charge in [-0.2, -0.15) is 4.98 Å². The van der Waals surface area contributed by atoms with E-state index in [1.165, 1.54) is 24.9 Å². The number of methoxy groups -OCH3 is 2. The lowest BCUT2D eigenvalue weighted by atomic mass is 10.1. The van der Waals surface area contributed by atoms with Crippen LogP contribution < -0.4 is 20.3 Å². The van der Waals surface area contributed by atoms with Gasteiger partial charge in [-0.3, -0.25) is 19.1 Å². The maximum absolute atomic E-state index is 13.1. The minimum Gasteiger partial charge on any atom is -0.493 e. The van der Waals surface area contributed by atoms with E-state index in [1.807, 2.05) is 18.2 Å². The van der Waals surface area contributed by atoms with Crippen molar-refractivity contribution < 1.29 is 18.8 Å². The quantitative estimate of drug-likeness (QED) is 0.371. The van der Waals surface area contributed by atoms with E-state index in [0.717, 1.165) is 0 Å². The van der Waals surface area contributed by atoms with Crippen molar-refractivity contribution in [1.82, 2.24) is 19.7 Å². The van der Waals surface area contributed by atoms with E-state index in [1.54, 1.807) is 48.7 Å². The second kappa shape index (κ2) is 9.71. The predicted molar refractivity (Wildman–Crippen MR) is 133 cm³/mol. The van der Waals surface area contributed by atoms with Crippen LogP contribution in [0.5, 0.6) is 11.5 Å². The van der Waals surface area contributed by atoms with Crippen molar-refractivity contribution in [3.63, 3.8) is 0 Å². The van der Waals surface area contributed by atoms with Gasteiger partial charge in [0.15, 0.2) is 11.5 Å². The molecular weight excluding hydrogens is 462 g/mol. The van der Waals surface area contributed by atoms with Crippen LogP contribution in [0.1, 0.15) is 0 Å². The highest BCUT2D eigenvalue weighted by atomic mass is 16.5. The summed E-state index contributed by atoms with van der Waals surface area (Å²) in [5.74, 6) is 1.14. The van der Waals surface area contributed by atoms with Crippen molar-refractivity contribution >= 4 is 22.5 Å². The topological polar surface area (TPSA) is 121 Å². The number of fused-ring (bicyclic) bond motifs is 1. The van der Waals surface area contributed by atoms with Gasteiger partial charge in [0.05, 0.1) is 25.3 Å². The first-order chi connectivity index (χ1) is 17.6. The van der Waals surface area contributed by atoms with E-state index in [-0.39, 0.29) is 23.9 Å². The number of carbonyl (C=O) groups is 1. The van der Waals surface area contributed by atoms with Gasteiger partial charge in [-0.05, 0) is 30.3 Å². The van der Waals surface area contributed by atoms with Crippen LogP contribution >= 0.6 is 0 Å². The number of carbonyl (C=O) groups excluding carboxylic acids is 1. The van der Waals surface area contributed by atoms with E-state index in [0.29, 0.717) is 45.2 Å². The van der Waals surface area contributed by atoms with E-state index < -0.39 is 0 Å². The highest BCUT2D eigenvalue weighted by Crippen LogP contribution is 2.30. The molecule has 0 saturated heterocycles. The van der Waals surface area contributed by atoms with Crippen molar-refractivity contribution in [2.45, 2.75) is 6.54 Å². The molecule has 5 aromatic rings. The van der Waals surface area contributed by atoms with E-state index in [2.05, 4.69) is 20.4 Å². The molecule has 1 N–H and O–H groups in total. The van der Waals surface area contributed by atoms with E-state index in [4.69, 9.17) is 14.0 Å². The van der Waals surface area contributed by atoms with Crippen LogP contribution in [0.4, 0.5) is 5.69 Å². The van der Waals surface area contributed by atoms with Gasteiger partial charge < -0.3 is 19.3 Å². The van der Waals surface area contributed by atoms with Crippen LogP contribution in [0.15, 0.2) is 82.2 Å². The minimum absolute atomic E-state index is 0.186. The highest BCUT2D eigenvalue weighted by Gasteiger charge is 2.18. The fourth-order valence-electron chi connectivity index (χ4n) is 3.86. The van der Waals surface area contributed by atoms with Crippen LogP contribution in [0.3, 0.4) is 0 Å². The minimum atomic E-state index is -0.385. The Kier molecular flexibility index (Phi) is 6.14. The van der Waals surface area contributed by atoms with Gasteiger partial charge in [0.25, 0.3) is 11.4 Å². The van der Waals surface area contributed by atoms with Gasteiger partial charge >= 0.3 is 0 Å². The number of ether oxygens (including phenoxy) is 2. The lowest BCUT2D eigenvalue weighted by Crippen LogP contribution is -2.27. The average molecular weight is 483 g/mol. The molecule has 0 spiro atoms. The number of nitrogens with one attached hydrogen (secondary N) is 1. The average Bonchev–Trinajstić information content (AvgIpc) is 3.41. The van der Waals surface area contributed by atoms with Gasteiger partial charge in [0.2, 0.25) is 11.7 Å². The van der Waals surface area contributed by atoms with Crippen LogP contribution in [0, 0.1) is 0 Å². The third-order valence-electron chi connectivity index (χ3n) is 5.54. The number of para-hydroxylation sites is 1. The fraction of sp³-hybridized carbons (Fsp3) is 0.115. The molecule has 1 amide bonds. The molecule has 0 saturated carbocycles. The number of amides is 1. The molecule has 180 valence electrons. The molecule has 0 aliphatic rings. The number of benzene rings is 2. The normalized spacial score (nSPS) is 10.8. The Hall–Kier alpha value is -4.99. The van der Waals surface area contributed by atoms with Crippen molar-refractivity contribution in [1.29, 1.82) is 0 Å². The SMILES string of the molecule is COc1ccc(NC(=O)Cn2c(=O)cc(-c3nc(-c4ccccn4)no3)c3ccccc32)cc1OC. The zero-order chi connectivity index (χ0) is 25.1. The lowest BCUT2D eigenvalue weighted by Gasteiger charge is -2.13. The number of rotatable bonds is 7. The Bertz CT molecular complexity index is 1610. The van der Waals surface area contributed by atoms with Crippen LogP contribution in [-0.2, 0) is 11.3 Å². The van der Waals surface area contributed by atoms with Gasteiger partial charge in [-0.1, -0.05) is 29.4 Å². The van der Waals surface area contributed by atoms with Crippen molar-refractivity contribution in [2.75, 3.05) is 19.5 Å². The predicted octanol–water partition coefficient (Wildman–Crippen LogP) is 3.77. The third-order valence-corrected chi connectivity index (χ3v) is 5.54. The standard InChI is InChI=1S/C26H21N5O5/c1-34-21-11-10-16(13-22(21)35-2)28-23(32)15-31-20-9-4-3-7-17(20)18(14-24(31)33)26-29-25(30-36-26)19-8-5-6-12-27-19/h3-14H,15H2,1-2H3,(H,28,32). The van der Waals surface area contributed by atoms with Crippen LogP contribution in [0.25, 0.3) is 33.9 Å². The fourth-order valence-corrected chi connectivity index (χ4v) is 3.86. The van der Waals surface area contributed by atoms with Crippen LogP contribution in [-0.4, -0.2) is 39.8 Å². The molecule has 3 heterocycles. The molecule has 0 bridgehead atoms. The van der Waals surface area contributed by atoms with Gasteiger partial charge in [-0.25, -0.2) is 0 Å².